The van der Waals surface area contributed by atoms with Crippen molar-refractivity contribution >= 4 is 16.5 Å². The van der Waals surface area contributed by atoms with Crippen LogP contribution in [0.4, 0.5) is 5.13 Å². The first kappa shape index (κ1) is 17.3. The Balaban J connectivity index is 1.80. The third-order valence-corrected chi connectivity index (χ3v) is 5.17. The summed E-state index contributed by atoms with van der Waals surface area (Å²) in [4.78, 5) is 5.70. The fourth-order valence-corrected chi connectivity index (χ4v) is 3.72. The molecule has 2 heterocycles. The van der Waals surface area contributed by atoms with E-state index in [0.29, 0.717) is 6.54 Å². The van der Waals surface area contributed by atoms with E-state index in [1.165, 1.54) is 0 Å². The molecule has 1 aromatic carbocycles. The number of thiazole rings is 1. The van der Waals surface area contributed by atoms with Gasteiger partial charge >= 0.3 is 0 Å². The molecule has 132 valence electrons. The molecule has 0 saturated heterocycles. The maximum Gasteiger partial charge on any atom is 0.183 e. The van der Waals surface area contributed by atoms with Gasteiger partial charge in [-0.1, -0.05) is 11.3 Å². The average Bonchev–Trinajstić information content (AvgIpc) is 3.18. The Morgan fingerprint density at radius 3 is 2.60 bits per heavy atom. The molecule has 1 N–H and O–H groups in total. The molecule has 0 bridgehead atoms. The minimum absolute atomic E-state index is 0.628. The number of nitrogens with zero attached hydrogens (tertiary/aromatic N) is 3. The van der Waals surface area contributed by atoms with E-state index in [0.717, 1.165) is 44.0 Å². The number of benzene rings is 1. The first-order chi connectivity index (χ1) is 12.0. The number of rotatable bonds is 6. The quantitative estimate of drug-likeness (QED) is 0.726. The average molecular weight is 358 g/mol. The summed E-state index contributed by atoms with van der Waals surface area (Å²) in [5, 5.41) is 8.72. The zero-order chi connectivity index (χ0) is 18.0. The molecule has 0 unspecified atom stereocenters. The van der Waals surface area contributed by atoms with Gasteiger partial charge in [-0.15, -0.1) is 0 Å². The van der Waals surface area contributed by atoms with Gasteiger partial charge in [0.05, 0.1) is 24.8 Å². The number of methoxy groups -OCH3 is 2. The third-order valence-electron chi connectivity index (χ3n) is 4.03. The molecule has 3 rings (SSSR count). The highest BCUT2D eigenvalue weighted by Gasteiger charge is 2.14. The van der Waals surface area contributed by atoms with Crippen molar-refractivity contribution in [1.82, 2.24) is 14.8 Å². The second kappa shape index (κ2) is 7.14. The minimum atomic E-state index is 0.628. The first-order valence-electron chi connectivity index (χ1n) is 7.95. The van der Waals surface area contributed by atoms with Crippen molar-refractivity contribution in [2.75, 3.05) is 19.5 Å². The van der Waals surface area contributed by atoms with Crippen LogP contribution in [0.5, 0.6) is 11.5 Å². The molecule has 0 saturated carbocycles. The van der Waals surface area contributed by atoms with Gasteiger partial charge in [-0.25, -0.2) is 4.98 Å². The highest BCUT2D eigenvalue weighted by molar-refractivity contribution is 7.19. The number of aromatic nitrogens is 3. The van der Waals surface area contributed by atoms with Crippen LogP contribution in [0.15, 0.2) is 24.4 Å². The maximum atomic E-state index is 5.56. The lowest BCUT2D eigenvalue weighted by Crippen LogP contribution is -2.03. The number of anilines is 1. The molecular weight excluding hydrogens is 336 g/mol. The number of ether oxygens (including phenoxy) is 2. The van der Waals surface area contributed by atoms with E-state index in [1.807, 2.05) is 45.3 Å². The Morgan fingerprint density at radius 1 is 1.16 bits per heavy atom. The third kappa shape index (κ3) is 3.46. The van der Waals surface area contributed by atoms with Crippen molar-refractivity contribution in [2.24, 2.45) is 7.05 Å². The number of nitrogens with one attached hydrogen (secondary N) is 1. The van der Waals surface area contributed by atoms with Crippen molar-refractivity contribution in [3.8, 4) is 22.1 Å². The van der Waals surface area contributed by atoms with Crippen LogP contribution in [0.3, 0.4) is 0 Å². The molecule has 0 amide bonds. The molecule has 0 aliphatic carbocycles. The molecule has 6 nitrogen and oxygen atoms in total. The van der Waals surface area contributed by atoms with Crippen molar-refractivity contribution in [1.29, 1.82) is 0 Å². The van der Waals surface area contributed by atoms with Crippen LogP contribution in [0, 0.1) is 13.8 Å². The van der Waals surface area contributed by atoms with Gasteiger partial charge in [-0.05, 0) is 32.0 Å². The summed E-state index contributed by atoms with van der Waals surface area (Å²) < 4.78 is 12.7. The molecule has 0 aliphatic heterocycles. The van der Waals surface area contributed by atoms with Crippen LogP contribution < -0.4 is 14.8 Å². The summed E-state index contributed by atoms with van der Waals surface area (Å²) >= 11 is 1.61. The van der Waals surface area contributed by atoms with E-state index >= 15 is 0 Å². The molecule has 2 aromatic heterocycles. The second-order valence-electron chi connectivity index (χ2n) is 5.75. The lowest BCUT2D eigenvalue weighted by molar-refractivity contribution is 0.386. The second-order valence-corrected chi connectivity index (χ2v) is 6.75. The van der Waals surface area contributed by atoms with Gasteiger partial charge in [0.25, 0.3) is 0 Å². The minimum Gasteiger partial charge on any atom is -0.496 e. The van der Waals surface area contributed by atoms with Gasteiger partial charge in [-0.3, -0.25) is 4.68 Å². The predicted octanol–water partition coefficient (Wildman–Crippen LogP) is 3.79. The van der Waals surface area contributed by atoms with Gasteiger partial charge in [0, 0.05) is 30.9 Å². The number of hydrogen-bond donors (Lipinski definition) is 1. The monoisotopic (exact) mass is 358 g/mol. The topological polar surface area (TPSA) is 61.2 Å². The largest absolute Gasteiger partial charge is 0.496 e. The summed E-state index contributed by atoms with van der Waals surface area (Å²) in [6, 6.07) is 5.97. The summed E-state index contributed by atoms with van der Waals surface area (Å²) in [6.45, 7) is 4.63. The Labute approximate surface area is 151 Å². The van der Waals surface area contributed by atoms with Gasteiger partial charge in [-0.2, -0.15) is 5.10 Å². The van der Waals surface area contributed by atoms with E-state index in [1.54, 1.807) is 30.2 Å². The van der Waals surface area contributed by atoms with Crippen LogP contribution >= 0.6 is 11.3 Å². The summed E-state index contributed by atoms with van der Waals surface area (Å²) in [6.07, 6.45) is 1.94. The number of aryl methyl sites for hydroxylation is 2. The van der Waals surface area contributed by atoms with Gasteiger partial charge in [0.15, 0.2) is 5.13 Å². The zero-order valence-corrected chi connectivity index (χ0v) is 15.9. The molecule has 0 atom stereocenters. The fraction of sp³-hybridized carbons (Fsp3) is 0.333. The van der Waals surface area contributed by atoms with E-state index < -0.39 is 0 Å². The Bertz CT molecular complexity index is 885. The summed E-state index contributed by atoms with van der Waals surface area (Å²) in [5.41, 5.74) is 3.98. The first-order valence-corrected chi connectivity index (χ1v) is 8.77. The van der Waals surface area contributed by atoms with Crippen molar-refractivity contribution in [2.45, 2.75) is 20.4 Å². The van der Waals surface area contributed by atoms with Gasteiger partial charge in [0.1, 0.15) is 17.2 Å². The molecule has 0 aliphatic rings. The maximum absolute atomic E-state index is 5.56. The van der Waals surface area contributed by atoms with E-state index in [9.17, 15) is 0 Å². The number of hydrogen-bond acceptors (Lipinski definition) is 6. The van der Waals surface area contributed by atoms with Crippen molar-refractivity contribution in [3.63, 3.8) is 0 Å². The van der Waals surface area contributed by atoms with Crippen LogP contribution in [-0.2, 0) is 13.6 Å². The van der Waals surface area contributed by atoms with Crippen LogP contribution in [0.25, 0.3) is 10.6 Å². The highest BCUT2D eigenvalue weighted by Crippen LogP contribution is 2.34. The molecule has 0 radical (unpaired) electrons. The lowest BCUT2D eigenvalue weighted by atomic mass is 10.1. The molecule has 0 fully saturated rings. The standard InChI is InChI=1S/C18H22N4O2S/c1-11-15(23-4)7-6-13(16(11)24-5)10-19-18-20-12(2)17(25-18)14-8-9-22(3)21-14/h6-9H,10H2,1-5H3,(H,19,20). The SMILES string of the molecule is COc1ccc(CNc2nc(C)c(-c3ccn(C)n3)s2)c(OC)c1C. The van der Waals surface area contributed by atoms with Crippen LogP contribution in [0.1, 0.15) is 16.8 Å². The van der Waals surface area contributed by atoms with E-state index in [2.05, 4.69) is 15.4 Å². The van der Waals surface area contributed by atoms with Gasteiger partial charge in [0.2, 0.25) is 0 Å². The normalized spacial score (nSPS) is 10.8. The van der Waals surface area contributed by atoms with Crippen LogP contribution in [0.2, 0.25) is 0 Å². The van der Waals surface area contributed by atoms with E-state index in [4.69, 9.17) is 9.47 Å². The molecule has 25 heavy (non-hydrogen) atoms. The van der Waals surface area contributed by atoms with Crippen molar-refractivity contribution in [3.05, 3.63) is 41.2 Å². The summed E-state index contributed by atoms with van der Waals surface area (Å²) in [5.74, 6) is 1.66. The van der Waals surface area contributed by atoms with Crippen LogP contribution in [-0.4, -0.2) is 29.0 Å². The van der Waals surface area contributed by atoms with Gasteiger partial charge < -0.3 is 14.8 Å². The molecule has 3 aromatic rings. The lowest BCUT2D eigenvalue weighted by Gasteiger charge is -2.14. The highest BCUT2D eigenvalue weighted by atomic mass is 32.1. The Kier molecular flexibility index (Phi) is 4.94. The molecular formula is C18H22N4O2S. The van der Waals surface area contributed by atoms with Crippen molar-refractivity contribution < 1.29 is 9.47 Å². The molecule has 7 heteroatoms. The molecule has 0 spiro atoms. The smallest absolute Gasteiger partial charge is 0.183 e. The zero-order valence-electron chi connectivity index (χ0n) is 15.1. The Hall–Kier alpha value is -2.54. The summed E-state index contributed by atoms with van der Waals surface area (Å²) in [7, 11) is 5.26. The Morgan fingerprint density at radius 2 is 1.96 bits per heavy atom. The van der Waals surface area contributed by atoms with E-state index in [-0.39, 0.29) is 0 Å². The predicted molar refractivity (Wildman–Crippen MR) is 101 cm³/mol. The fourth-order valence-electron chi connectivity index (χ4n) is 2.79.